The Balaban J connectivity index is 2.16. The molecule has 1 saturated carbocycles. The quantitative estimate of drug-likeness (QED) is 0.714. The first-order valence-corrected chi connectivity index (χ1v) is 5.32. The average Bonchev–Trinajstić information content (AvgIpc) is 2.87. The van der Waals surface area contributed by atoms with Gasteiger partial charge in [-0.1, -0.05) is 35.0 Å². The molecule has 0 saturated heterocycles. The summed E-state index contributed by atoms with van der Waals surface area (Å²) in [6, 6.07) is 8.72. The summed E-state index contributed by atoms with van der Waals surface area (Å²) in [4.78, 5) is 0. The summed E-state index contributed by atoms with van der Waals surface area (Å²) < 4.78 is 1.18. The standard InChI is InChI=1S/C11H13Br/c1-8(9-2-3-9)10-4-6-11(12)7-5-10/h4-9H,2-3H2,1H3. The van der Waals surface area contributed by atoms with Crippen LogP contribution in [0.3, 0.4) is 0 Å². The molecule has 1 heteroatoms. The van der Waals surface area contributed by atoms with Crippen molar-refractivity contribution in [2.45, 2.75) is 25.7 Å². The van der Waals surface area contributed by atoms with Crippen LogP contribution < -0.4 is 0 Å². The van der Waals surface area contributed by atoms with Gasteiger partial charge < -0.3 is 0 Å². The number of rotatable bonds is 2. The molecule has 1 aliphatic carbocycles. The highest BCUT2D eigenvalue weighted by Gasteiger charge is 2.28. The lowest BCUT2D eigenvalue weighted by molar-refractivity contribution is 0.664. The molecular weight excluding hydrogens is 212 g/mol. The number of hydrogen-bond acceptors (Lipinski definition) is 0. The monoisotopic (exact) mass is 224 g/mol. The van der Waals surface area contributed by atoms with E-state index >= 15 is 0 Å². The first-order chi connectivity index (χ1) is 5.77. The first-order valence-electron chi connectivity index (χ1n) is 4.53. The van der Waals surface area contributed by atoms with E-state index in [4.69, 9.17) is 0 Å². The van der Waals surface area contributed by atoms with Crippen molar-refractivity contribution in [2.75, 3.05) is 0 Å². The summed E-state index contributed by atoms with van der Waals surface area (Å²) in [6.07, 6.45) is 2.86. The van der Waals surface area contributed by atoms with Crippen molar-refractivity contribution in [3.63, 3.8) is 0 Å². The number of hydrogen-bond donors (Lipinski definition) is 0. The van der Waals surface area contributed by atoms with Crippen LogP contribution in [0.1, 0.15) is 31.2 Å². The Morgan fingerprint density at radius 1 is 1.25 bits per heavy atom. The molecule has 1 atom stereocenters. The van der Waals surface area contributed by atoms with Crippen molar-refractivity contribution in [3.05, 3.63) is 34.3 Å². The van der Waals surface area contributed by atoms with Crippen LogP contribution in [-0.2, 0) is 0 Å². The maximum atomic E-state index is 3.45. The van der Waals surface area contributed by atoms with E-state index in [0.29, 0.717) is 0 Å². The molecule has 0 aromatic heterocycles. The molecule has 0 bridgehead atoms. The topological polar surface area (TPSA) is 0 Å². The van der Waals surface area contributed by atoms with Gasteiger partial charge in [0.05, 0.1) is 0 Å². The largest absolute Gasteiger partial charge is 0.0581 e. The van der Waals surface area contributed by atoms with Gasteiger partial charge in [0.1, 0.15) is 0 Å². The summed E-state index contributed by atoms with van der Waals surface area (Å²) in [5, 5.41) is 0. The lowest BCUT2D eigenvalue weighted by atomic mass is 9.97. The number of benzene rings is 1. The Morgan fingerprint density at radius 3 is 2.33 bits per heavy atom. The Morgan fingerprint density at radius 2 is 1.83 bits per heavy atom. The predicted octanol–water partition coefficient (Wildman–Crippen LogP) is 3.96. The third-order valence-corrected chi connectivity index (χ3v) is 3.25. The molecule has 0 nitrogen and oxygen atoms in total. The summed E-state index contributed by atoms with van der Waals surface area (Å²) >= 11 is 3.45. The SMILES string of the molecule is CC(c1ccc(Br)cc1)C1CC1. The first kappa shape index (κ1) is 8.31. The van der Waals surface area contributed by atoms with Gasteiger partial charge in [0, 0.05) is 4.47 Å². The molecule has 2 rings (SSSR count). The molecule has 0 spiro atoms. The lowest BCUT2D eigenvalue weighted by Gasteiger charge is -2.09. The van der Waals surface area contributed by atoms with E-state index in [2.05, 4.69) is 47.1 Å². The lowest BCUT2D eigenvalue weighted by Crippen LogP contribution is -1.94. The maximum Gasteiger partial charge on any atom is 0.0175 e. The molecule has 0 N–H and O–H groups in total. The van der Waals surface area contributed by atoms with E-state index in [1.165, 1.54) is 22.9 Å². The van der Waals surface area contributed by atoms with Gasteiger partial charge in [0.15, 0.2) is 0 Å². The van der Waals surface area contributed by atoms with E-state index in [0.717, 1.165) is 11.8 Å². The van der Waals surface area contributed by atoms with E-state index in [9.17, 15) is 0 Å². The molecule has 1 unspecified atom stereocenters. The van der Waals surface area contributed by atoms with Crippen LogP contribution in [0.2, 0.25) is 0 Å². The second-order valence-corrected chi connectivity index (χ2v) is 4.59. The van der Waals surface area contributed by atoms with Crippen molar-refractivity contribution >= 4 is 15.9 Å². The molecule has 1 aromatic rings. The predicted molar refractivity (Wildman–Crippen MR) is 55.3 cm³/mol. The van der Waals surface area contributed by atoms with Crippen LogP contribution in [0, 0.1) is 5.92 Å². The van der Waals surface area contributed by atoms with Gasteiger partial charge >= 0.3 is 0 Å². The molecule has 0 heterocycles. The van der Waals surface area contributed by atoms with Crippen LogP contribution in [0.5, 0.6) is 0 Å². The molecule has 1 aliphatic rings. The minimum absolute atomic E-state index is 0.762. The fourth-order valence-corrected chi connectivity index (χ4v) is 1.90. The molecule has 64 valence electrons. The van der Waals surface area contributed by atoms with Gasteiger partial charge in [-0.25, -0.2) is 0 Å². The Kier molecular flexibility index (Phi) is 2.22. The number of halogens is 1. The summed E-state index contributed by atoms with van der Waals surface area (Å²) in [5.41, 5.74) is 1.49. The van der Waals surface area contributed by atoms with Crippen molar-refractivity contribution in [1.82, 2.24) is 0 Å². The van der Waals surface area contributed by atoms with Gasteiger partial charge in [-0.15, -0.1) is 0 Å². The van der Waals surface area contributed by atoms with Crippen LogP contribution in [-0.4, -0.2) is 0 Å². The smallest absolute Gasteiger partial charge is 0.0175 e. The van der Waals surface area contributed by atoms with Crippen molar-refractivity contribution in [2.24, 2.45) is 5.92 Å². The van der Waals surface area contributed by atoms with Gasteiger partial charge in [-0.05, 0) is 42.4 Å². The third kappa shape index (κ3) is 1.71. The van der Waals surface area contributed by atoms with Crippen LogP contribution >= 0.6 is 15.9 Å². The van der Waals surface area contributed by atoms with E-state index in [-0.39, 0.29) is 0 Å². The molecular formula is C11H13Br. The normalized spacial score (nSPS) is 19.2. The Bertz CT molecular complexity index is 259. The zero-order valence-electron chi connectivity index (χ0n) is 7.26. The second kappa shape index (κ2) is 3.21. The van der Waals surface area contributed by atoms with Crippen molar-refractivity contribution < 1.29 is 0 Å². The third-order valence-electron chi connectivity index (χ3n) is 2.72. The fourth-order valence-electron chi connectivity index (χ4n) is 1.63. The highest BCUT2D eigenvalue weighted by atomic mass is 79.9. The van der Waals surface area contributed by atoms with Crippen LogP contribution in [0.25, 0.3) is 0 Å². The van der Waals surface area contributed by atoms with Gasteiger partial charge in [-0.3, -0.25) is 0 Å². The zero-order chi connectivity index (χ0) is 8.55. The van der Waals surface area contributed by atoms with Gasteiger partial charge in [-0.2, -0.15) is 0 Å². The van der Waals surface area contributed by atoms with E-state index in [1.54, 1.807) is 0 Å². The minimum atomic E-state index is 0.762. The van der Waals surface area contributed by atoms with Gasteiger partial charge in [0.25, 0.3) is 0 Å². The average molecular weight is 225 g/mol. The van der Waals surface area contributed by atoms with Crippen molar-refractivity contribution in [1.29, 1.82) is 0 Å². The minimum Gasteiger partial charge on any atom is -0.0581 e. The van der Waals surface area contributed by atoms with E-state index < -0.39 is 0 Å². The zero-order valence-corrected chi connectivity index (χ0v) is 8.84. The Labute approximate surface area is 82.1 Å². The highest BCUT2D eigenvalue weighted by Crippen LogP contribution is 2.42. The van der Waals surface area contributed by atoms with E-state index in [1.807, 2.05) is 0 Å². The van der Waals surface area contributed by atoms with Crippen LogP contribution in [0.15, 0.2) is 28.7 Å². The summed E-state index contributed by atoms with van der Waals surface area (Å²) in [5.74, 6) is 1.73. The summed E-state index contributed by atoms with van der Waals surface area (Å²) in [7, 11) is 0. The molecule has 12 heavy (non-hydrogen) atoms. The molecule has 0 aliphatic heterocycles. The fraction of sp³-hybridized carbons (Fsp3) is 0.455. The van der Waals surface area contributed by atoms with Crippen molar-refractivity contribution in [3.8, 4) is 0 Å². The second-order valence-electron chi connectivity index (χ2n) is 3.68. The molecule has 1 fully saturated rings. The highest BCUT2D eigenvalue weighted by molar-refractivity contribution is 9.10. The van der Waals surface area contributed by atoms with Gasteiger partial charge in [0.2, 0.25) is 0 Å². The molecule has 1 aromatic carbocycles. The summed E-state index contributed by atoms with van der Waals surface area (Å²) in [6.45, 7) is 2.33. The molecule has 0 radical (unpaired) electrons. The van der Waals surface area contributed by atoms with Crippen LogP contribution in [0.4, 0.5) is 0 Å². The molecule has 0 amide bonds. The Hall–Kier alpha value is -0.300. The maximum absolute atomic E-state index is 3.45.